The van der Waals surface area contributed by atoms with Gasteiger partial charge in [-0.05, 0) is 59.7 Å². The molecule has 5 rings (SSSR count). The van der Waals surface area contributed by atoms with Crippen LogP contribution >= 0.6 is 11.8 Å². The number of carbonyl (C=O) groups excluding carboxylic acids is 2. The van der Waals surface area contributed by atoms with Gasteiger partial charge in [0.2, 0.25) is 6.79 Å². The first kappa shape index (κ1) is 23.6. The first-order valence-electron chi connectivity index (χ1n) is 11.2. The van der Waals surface area contributed by atoms with Crippen molar-refractivity contribution in [1.29, 1.82) is 0 Å². The molecule has 184 valence electrons. The van der Waals surface area contributed by atoms with Crippen LogP contribution in [0.2, 0.25) is 0 Å². The number of nitrogens with one attached hydrogen (secondary N) is 1. The van der Waals surface area contributed by atoms with Gasteiger partial charge in [-0.3, -0.25) is 9.59 Å². The Hall–Kier alpha value is -4.11. The number of methoxy groups -OCH3 is 2. The number of amides is 2. The summed E-state index contributed by atoms with van der Waals surface area (Å²) in [5.74, 6) is 2.20. The van der Waals surface area contributed by atoms with E-state index >= 15 is 0 Å². The van der Waals surface area contributed by atoms with Crippen LogP contribution in [0.15, 0.2) is 64.4 Å². The van der Waals surface area contributed by atoms with Gasteiger partial charge in [-0.15, -0.1) is 0 Å². The first-order chi connectivity index (χ1) is 17.5. The van der Waals surface area contributed by atoms with Crippen LogP contribution in [0.3, 0.4) is 0 Å². The number of thioether (sulfide) groups is 1. The summed E-state index contributed by atoms with van der Waals surface area (Å²) in [7, 11) is 4.86. The van der Waals surface area contributed by atoms with E-state index in [9.17, 15) is 9.59 Å². The molecule has 0 saturated carbocycles. The van der Waals surface area contributed by atoms with E-state index in [0.29, 0.717) is 45.7 Å². The molecule has 9 heteroatoms. The molecule has 36 heavy (non-hydrogen) atoms. The molecule has 0 aromatic heterocycles. The Bertz CT molecular complexity index is 1390. The van der Waals surface area contributed by atoms with Crippen LogP contribution in [0, 0.1) is 0 Å². The number of hydrogen-bond acceptors (Lipinski definition) is 7. The average molecular weight is 505 g/mol. The molecule has 2 amide bonds. The third-order valence-electron chi connectivity index (χ3n) is 5.91. The second-order valence-corrected chi connectivity index (χ2v) is 9.23. The monoisotopic (exact) mass is 504 g/mol. The van der Waals surface area contributed by atoms with Gasteiger partial charge in [0, 0.05) is 24.1 Å². The molecule has 3 aromatic carbocycles. The van der Waals surface area contributed by atoms with Crippen molar-refractivity contribution in [1.82, 2.24) is 5.32 Å². The Morgan fingerprint density at radius 2 is 1.83 bits per heavy atom. The number of nitrogens with zero attached hydrogens (tertiary/aromatic N) is 1. The largest absolute Gasteiger partial charge is 0.493 e. The van der Waals surface area contributed by atoms with Crippen molar-refractivity contribution >= 4 is 35.3 Å². The van der Waals surface area contributed by atoms with Crippen LogP contribution in [0.5, 0.6) is 23.0 Å². The first-order valence-corrected chi connectivity index (χ1v) is 12.0. The fourth-order valence-electron chi connectivity index (χ4n) is 3.96. The molecule has 1 N–H and O–H groups in total. The Labute approximate surface area is 212 Å². The van der Waals surface area contributed by atoms with Crippen LogP contribution in [-0.2, 0) is 11.3 Å². The molecule has 0 aliphatic carbocycles. The second kappa shape index (κ2) is 9.87. The minimum absolute atomic E-state index is 0.153. The number of carbonyl (C=O) groups is 2. The number of rotatable bonds is 6. The molecule has 0 bridgehead atoms. The standard InChI is InChI=1S/C27H24N2O6S/c1-29-19-13-18(26(30)28-14-17-5-8-21-23(11-17)35-15-34-21)6-9-24(19)36-25(27(29)31)12-16-4-7-20(32-2)22(10-16)33-3/h4-13H,14-15H2,1-3H3,(H,28,30)/b25-12+. The van der Waals surface area contributed by atoms with Crippen LogP contribution in [0.25, 0.3) is 6.08 Å². The lowest BCUT2D eigenvalue weighted by Crippen LogP contribution is -2.31. The van der Waals surface area contributed by atoms with Crippen LogP contribution in [-0.4, -0.2) is 39.9 Å². The van der Waals surface area contributed by atoms with Gasteiger partial charge in [-0.25, -0.2) is 0 Å². The smallest absolute Gasteiger partial charge is 0.264 e. The van der Waals surface area contributed by atoms with Gasteiger partial charge >= 0.3 is 0 Å². The summed E-state index contributed by atoms with van der Waals surface area (Å²) in [6.07, 6.45) is 1.82. The zero-order chi connectivity index (χ0) is 25.2. The lowest BCUT2D eigenvalue weighted by molar-refractivity contribution is -0.114. The molecule has 2 aliphatic heterocycles. The normalized spacial score (nSPS) is 15.0. The van der Waals surface area contributed by atoms with Gasteiger partial charge in [0.25, 0.3) is 11.8 Å². The van der Waals surface area contributed by atoms with Crippen molar-refractivity contribution in [2.24, 2.45) is 0 Å². The molecule has 2 heterocycles. The molecule has 8 nitrogen and oxygen atoms in total. The third-order valence-corrected chi connectivity index (χ3v) is 6.99. The molecule has 0 unspecified atom stereocenters. The summed E-state index contributed by atoms with van der Waals surface area (Å²) < 4.78 is 21.4. The number of anilines is 1. The summed E-state index contributed by atoms with van der Waals surface area (Å²) in [4.78, 5) is 29.0. The third kappa shape index (κ3) is 4.57. The van der Waals surface area contributed by atoms with Gasteiger partial charge < -0.3 is 29.2 Å². The highest BCUT2D eigenvalue weighted by Crippen LogP contribution is 2.42. The van der Waals surface area contributed by atoms with Gasteiger partial charge in [0.15, 0.2) is 23.0 Å². The molecule has 0 saturated heterocycles. The minimum Gasteiger partial charge on any atom is -0.493 e. The molecule has 0 fully saturated rings. The quantitative estimate of drug-likeness (QED) is 0.496. The minimum atomic E-state index is -0.229. The maximum atomic E-state index is 13.1. The summed E-state index contributed by atoms with van der Waals surface area (Å²) >= 11 is 1.37. The van der Waals surface area contributed by atoms with Crippen molar-refractivity contribution in [3.63, 3.8) is 0 Å². The number of ether oxygens (including phenoxy) is 4. The lowest BCUT2D eigenvalue weighted by Gasteiger charge is -2.27. The second-order valence-electron chi connectivity index (χ2n) is 8.14. The van der Waals surface area contributed by atoms with Crippen molar-refractivity contribution in [3.8, 4) is 23.0 Å². The van der Waals surface area contributed by atoms with Crippen molar-refractivity contribution < 1.29 is 28.5 Å². The van der Waals surface area contributed by atoms with Crippen LogP contribution < -0.4 is 29.2 Å². The fourth-order valence-corrected chi connectivity index (χ4v) is 5.06. The summed E-state index contributed by atoms with van der Waals surface area (Å²) in [5.41, 5.74) is 2.88. The molecule has 2 aliphatic rings. The zero-order valence-corrected chi connectivity index (χ0v) is 20.8. The van der Waals surface area contributed by atoms with Gasteiger partial charge in [-0.2, -0.15) is 0 Å². The van der Waals surface area contributed by atoms with E-state index in [4.69, 9.17) is 18.9 Å². The predicted molar refractivity (Wildman–Crippen MR) is 137 cm³/mol. The Morgan fingerprint density at radius 3 is 2.64 bits per heavy atom. The number of likely N-dealkylation sites (N-methyl/N-ethyl adjacent to an activating group) is 1. The molecule has 0 radical (unpaired) electrons. The van der Waals surface area contributed by atoms with Crippen molar-refractivity contribution in [3.05, 3.63) is 76.2 Å². The summed E-state index contributed by atoms with van der Waals surface area (Å²) in [5, 5.41) is 2.92. The van der Waals surface area contributed by atoms with Crippen molar-refractivity contribution in [2.45, 2.75) is 11.4 Å². The highest BCUT2D eigenvalue weighted by molar-refractivity contribution is 8.04. The fraction of sp³-hybridized carbons (Fsp3) is 0.185. The molecule has 0 atom stereocenters. The Morgan fingerprint density at radius 1 is 1.03 bits per heavy atom. The van der Waals surface area contributed by atoms with E-state index in [1.54, 1.807) is 44.4 Å². The summed E-state index contributed by atoms with van der Waals surface area (Å²) in [6.45, 7) is 0.546. The van der Waals surface area contributed by atoms with E-state index in [0.717, 1.165) is 16.0 Å². The lowest BCUT2D eigenvalue weighted by atomic mass is 10.1. The summed E-state index contributed by atoms with van der Waals surface area (Å²) in [6, 6.07) is 16.4. The highest BCUT2D eigenvalue weighted by Gasteiger charge is 2.27. The van der Waals surface area contributed by atoms with E-state index in [2.05, 4.69) is 5.32 Å². The number of benzene rings is 3. The number of fused-ring (bicyclic) bond motifs is 2. The van der Waals surface area contributed by atoms with Crippen molar-refractivity contribution in [2.75, 3.05) is 33.0 Å². The Balaban J connectivity index is 1.32. The van der Waals surface area contributed by atoms with Gasteiger partial charge in [0.1, 0.15) is 0 Å². The van der Waals surface area contributed by atoms with Gasteiger partial charge in [-0.1, -0.05) is 23.9 Å². The molecule has 3 aromatic rings. The van der Waals surface area contributed by atoms with E-state index < -0.39 is 0 Å². The maximum absolute atomic E-state index is 13.1. The maximum Gasteiger partial charge on any atom is 0.264 e. The predicted octanol–water partition coefficient (Wildman–Crippen LogP) is 4.47. The van der Waals surface area contributed by atoms with Gasteiger partial charge in [0.05, 0.1) is 24.8 Å². The Kier molecular flexibility index (Phi) is 6.47. The van der Waals surface area contributed by atoms with E-state index in [-0.39, 0.29) is 18.6 Å². The highest BCUT2D eigenvalue weighted by atomic mass is 32.2. The topological polar surface area (TPSA) is 86.3 Å². The van der Waals surface area contributed by atoms with E-state index in [1.807, 2.05) is 42.5 Å². The molecular weight excluding hydrogens is 480 g/mol. The SMILES string of the molecule is COc1ccc(/C=C2/Sc3ccc(C(=O)NCc4ccc5c(c4)OCO5)cc3N(C)C2=O)cc1OC. The number of hydrogen-bond donors (Lipinski definition) is 1. The molecular formula is C27H24N2O6S. The average Bonchev–Trinajstić information content (AvgIpc) is 3.38. The van der Waals surface area contributed by atoms with E-state index in [1.165, 1.54) is 11.8 Å². The molecule has 0 spiro atoms. The zero-order valence-electron chi connectivity index (χ0n) is 20.0. The van der Waals surface area contributed by atoms with Crippen LogP contribution in [0.4, 0.5) is 5.69 Å². The van der Waals surface area contributed by atoms with Crippen LogP contribution in [0.1, 0.15) is 21.5 Å².